The van der Waals surface area contributed by atoms with Crippen molar-refractivity contribution in [2.75, 3.05) is 5.32 Å². The van der Waals surface area contributed by atoms with Gasteiger partial charge in [0.2, 0.25) is 0 Å². The van der Waals surface area contributed by atoms with Gasteiger partial charge in [-0.05, 0) is 60.2 Å². The van der Waals surface area contributed by atoms with E-state index >= 15 is 0 Å². The second-order valence-corrected chi connectivity index (χ2v) is 10.3. The molecule has 4 aromatic rings. The molecule has 0 unspecified atom stereocenters. The van der Waals surface area contributed by atoms with Crippen molar-refractivity contribution >= 4 is 62.7 Å². The quantitative estimate of drug-likeness (QED) is 0.109. The molecular weight excluding hydrogens is 536 g/mol. The molecular formula is C29H21ClN4O4S. The van der Waals surface area contributed by atoms with Gasteiger partial charge in [0.1, 0.15) is 16.8 Å². The van der Waals surface area contributed by atoms with Crippen molar-refractivity contribution in [1.29, 1.82) is 5.26 Å². The molecule has 1 heterocycles. The first kappa shape index (κ1) is 26.1. The van der Waals surface area contributed by atoms with Gasteiger partial charge in [-0.2, -0.15) is 10.4 Å². The summed E-state index contributed by atoms with van der Waals surface area (Å²) in [5, 5.41) is 18.3. The van der Waals surface area contributed by atoms with Crippen molar-refractivity contribution in [3.05, 3.63) is 92.8 Å². The fourth-order valence-electron chi connectivity index (χ4n) is 4.42. The minimum atomic E-state index is -1.00. The van der Waals surface area contributed by atoms with E-state index in [0.717, 1.165) is 41.5 Å². The predicted molar refractivity (Wildman–Crippen MR) is 150 cm³/mol. The van der Waals surface area contributed by atoms with E-state index < -0.39 is 17.8 Å². The summed E-state index contributed by atoms with van der Waals surface area (Å²) in [5.74, 6) is -2.40. The molecule has 0 fully saturated rings. The molecule has 0 radical (unpaired) electrons. The van der Waals surface area contributed by atoms with Crippen molar-refractivity contribution < 1.29 is 19.1 Å². The fourth-order valence-corrected chi connectivity index (χ4v) is 5.87. The zero-order valence-corrected chi connectivity index (χ0v) is 22.1. The molecule has 8 nitrogen and oxygen atoms in total. The van der Waals surface area contributed by atoms with Crippen LogP contribution in [0.5, 0.6) is 5.75 Å². The molecule has 39 heavy (non-hydrogen) atoms. The van der Waals surface area contributed by atoms with Gasteiger partial charge in [0.15, 0.2) is 0 Å². The molecule has 1 aromatic heterocycles. The standard InChI is InChI=1S/C29H21ClN4O4S/c30-23-11-5-3-10-20(23)29(37)38-24-14-13-17-7-1-2-8-18(17)22(24)16-32-34-27(36)26(35)33-28-21(15-31)19-9-4-6-12-25(19)39-28/h1-3,5,7-8,10-11,13-14,16H,4,6,9,12H2,(H,33,35)(H,34,36)/b32-16+. The Morgan fingerprint density at radius 3 is 2.59 bits per heavy atom. The highest BCUT2D eigenvalue weighted by Gasteiger charge is 2.24. The molecule has 0 saturated carbocycles. The van der Waals surface area contributed by atoms with E-state index in [0.29, 0.717) is 21.5 Å². The minimum Gasteiger partial charge on any atom is -0.422 e. The average molecular weight is 557 g/mol. The third-order valence-electron chi connectivity index (χ3n) is 6.30. The van der Waals surface area contributed by atoms with Crippen molar-refractivity contribution in [1.82, 2.24) is 5.43 Å². The number of thiophene rings is 1. The van der Waals surface area contributed by atoms with Crippen LogP contribution in [-0.4, -0.2) is 24.0 Å². The van der Waals surface area contributed by atoms with Crippen LogP contribution in [0.4, 0.5) is 5.00 Å². The Balaban J connectivity index is 1.35. The topological polar surface area (TPSA) is 121 Å². The number of ether oxygens (including phenoxy) is 1. The van der Waals surface area contributed by atoms with E-state index in [1.807, 2.05) is 24.3 Å². The molecule has 0 spiro atoms. The number of nitriles is 1. The van der Waals surface area contributed by atoms with Crippen molar-refractivity contribution in [2.45, 2.75) is 25.7 Å². The lowest BCUT2D eigenvalue weighted by Gasteiger charge is -2.11. The number of nitrogens with zero attached hydrogens (tertiary/aromatic N) is 2. The lowest BCUT2D eigenvalue weighted by atomic mass is 9.96. The average Bonchev–Trinajstić information content (AvgIpc) is 3.30. The molecule has 3 aromatic carbocycles. The van der Waals surface area contributed by atoms with Gasteiger partial charge in [-0.25, -0.2) is 10.2 Å². The fraction of sp³-hybridized carbons (Fsp3) is 0.138. The van der Waals surface area contributed by atoms with E-state index in [1.165, 1.54) is 17.6 Å². The maximum atomic E-state index is 12.8. The van der Waals surface area contributed by atoms with Crippen molar-refractivity contribution in [2.24, 2.45) is 5.10 Å². The molecule has 0 aliphatic heterocycles. The van der Waals surface area contributed by atoms with Crippen LogP contribution in [0, 0.1) is 11.3 Å². The maximum absolute atomic E-state index is 12.8. The highest BCUT2D eigenvalue weighted by Crippen LogP contribution is 2.37. The molecule has 1 aliphatic carbocycles. The number of fused-ring (bicyclic) bond motifs is 2. The molecule has 194 valence electrons. The summed E-state index contributed by atoms with van der Waals surface area (Å²) in [7, 11) is 0. The summed E-state index contributed by atoms with van der Waals surface area (Å²) in [6, 6.07) is 19.5. The number of amides is 2. The third-order valence-corrected chi connectivity index (χ3v) is 7.84. The Hall–Kier alpha value is -4.52. The second kappa shape index (κ2) is 11.5. The number of benzene rings is 3. The van der Waals surface area contributed by atoms with Crippen LogP contribution in [-0.2, 0) is 22.4 Å². The number of anilines is 1. The van der Waals surface area contributed by atoms with E-state index in [-0.39, 0.29) is 16.3 Å². The number of carbonyl (C=O) groups excluding carboxylic acids is 3. The highest BCUT2D eigenvalue weighted by molar-refractivity contribution is 7.16. The Bertz CT molecular complexity index is 1690. The van der Waals surface area contributed by atoms with Gasteiger partial charge >= 0.3 is 17.8 Å². The molecule has 2 N–H and O–H groups in total. The van der Waals surface area contributed by atoms with Crippen LogP contribution < -0.4 is 15.5 Å². The minimum absolute atomic E-state index is 0.198. The van der Waals surface area contributed by atoms with Crippen LogP contribution in [0.2, 0.25) is 5.02 Å². The first-order chi connectivity index (χ1) is 19.0. The molecule has 0 atom stereocenters. The van der Waals surface area contributed by atoms with Crippen molar-refractivity contribution in [3.8, 4) is 11.8 Å². The van der Waals surface area contributed by atoms with E-state index in [2.05, 4.69) is 21.9 Å². The number of esters is 1. The SMILES string of the molecule is N#Cc1c(NC(=O)C(=O)N/N=C/c2c(OC(=O)c3ccccc3Cl)ccc3ccccc23)sc2c1CCCC2. The number of hydrazone groups is 1. The number of nitrogens with one attached hydrogen (secondary N) is 2. The predicted octanol–water partition coefficient (Wildman–Crippen LogP) is 5.61. The summed E-state index contributed by atoms with van der Waals surface area (Å²) in [5.41, 5.74) is 4.21. The molecule has 2 amide bonds. The molecule has 1 aliphatic rings. The molecule has 0 saturated heterocycles. The number of rotatable bonds is 5. The summed E-state index contributed by atoms with van der Waals surface area (Å²) >= 11 is 7.48. The number of hydrogen-bond acceptors (Lipinski definition) is 7. The number of hydrogen-bond donors (Lipinski definition) is 2. The maximum Gasteiger partial charge on any atom is 0.345 e. The van der Waals surface area contributed by atoms with Crippen LogP contribution in [0.25, 0.3) is 10.8 Å². The molecule has 5 rings (SSSR count). The first-order valence-electron chi connectivity index (χ1n) is 12.1. The number of halogens is 1. The Morgan fingerprint density at radius 1 is 1.00 bits per heavy atom. The highest BCUT2D eigenvalue weighted by atomic mass is 35.5. The van der Waals surface area contributed by atoms with Gasteiger partial charge in [0.05, 0.1) is 22.4 Å². The van der Waals surface area contributed by atoms with Crippen LogP contribution in [0.1, 0.15) is 44.8 Å². The number of carbonyl (C=O) groups is 3. The van der Waals surface area contributed by atoms with Gasteiger partial charge in [0.25, 0.3) is 0 Å². The van der Waals surface area contributed by atoms with E-state index in [4.69, 9.17) is 16.3 Å². The lowest BCUT2D eigenvalue weighted by Crippen LogP contribution is -2.32. The molecule has 10 heteroatoms. The summed E-state index contributed by atoms with van der Waals surface area (Å²) in [6.45, 7) is 0. The smallest absolute Gasteiger partial charge is 0.345 e. The zero-order valence-electron chi connectivity index (χ0n) is 20.5. The van der Waals surface area contributed by atoms with Gasteiger partial charge in [-0.15, -0.1) is 11.3 Å². The second-order valence-electron chi connectivity index (χ2n) is 8.75. The zero-order chi connectivity index (χ0) is 27.4. The first-order valence-corrected chi connectivity index (χ1v) is 13.3. The van der Waals surface area contributed by atoms with Gasteiger partial charge in [-0.3, -0.25) is 9.59 Å². The lowest BCUT2D eigenvalue weighted by molar-refractivity contribution is -0.136. The van der Waals surface area contributed by atoms with Gasteiger partial charge in [0, 0.05) is 10.4 Å². The van der Waals surface area contributed by atoms with E-state index in [9.17, 15) is 19.6 Å². The number of aryl methyl sites for hydroxylation is 1. The summed E-state index contributed by atoms with van der Waals surface area (Å²) in [6.07, 6.45) is 4.98. The van der Waals surface area contributed by atoms with E-state index in [1.54, 1.807) is 36.4 Å². The van der Waals surface area contributed by atoms with Crippen LogP contribution in [0.15, 0.2) is 65.8 Å². The Kier molecular flexibility index (Phi) is 7.68. The van der Waals surface area contributed by atoms with Crippen LogP contribution >= 0.6 is 22.9 Å². The van der Waals surface area contributed by atoms with Crippen molar-refractivity contribution in [3.63, 3.8) is 0 Å². The third kappa shape index (κ3) is 5.53. The Labute approximate surface area is 232 Å². The van der Waals surface area contributed by atoms with Gasteiger partial charge in [-0.1, -0.05) is 54.1 Å². The monoisotopic (exact) mass is 556 g/mol. The summed E-state index contributed by atoms with van der Waals surface area (Å²) in [4.78, 5) is 39.0. The summed E-state index contributed by atoms with van der Waals surface area (Å²) < 4.78 is 5.63. The molecule has 0 bridgehead atoms. The van der Waals surface area contributed by atoms with Crippen LogP contribution in [0.3, 0.4) is 0 Å². The normalized spacial score (nSPS) is 12.5. The van der Waals surface area contributed by atoms with Gasteiger partial charge < -0.3 is 10.1 Å². The Morgan fingerprint density at radius 2 is 1.77 bits per heavy atom. The largest absolute Gasteiger partial charge is 0.422 e.